The van der Waals surface area contributed by atoms with Crippen LogP contribution in [0.4, 0.5) is 0 Å². The van der Waals surface area contributed by atoms with Crippen molar-refractivity contribution in [1.82, 2.24) is 20.2 Å². The van der Waals surface area contributed by atoms with Gasteiger partial charge < -0.3 is 0 Å². The number of thiol groups is 1. The monoisotopic (exact) mass is 158 g/mol. The van der Waals surface area contributed by atoms with Crippen LogP contribution in [-0.4, -0.2) is 26.0 Å². The number of aromatic nitrogens is 4. The lowest BCUT2D eigenvalue weighted by Crippen LogP contribution is -2.09. The van der Waals surface area contributed by atoms with E-state index in [-0.39, 0.29) is 0 Å². The first-order valence-electron chi connectivity index (χ1n) is 3.14. The summed E-state index contributed by atoms with van der Waals surface area (Å²) in [6.45, 7) is 2.95. The first kappa shape index (κ1) is 7.53. The van der Waals surface area contributed by atoms with E-state index in [1.807, 2.05) is 0 Å². The first-order valence-corrected chi connectivity index (χ1v) is 3.78. The van der Waals surface area contributed by atoms with E-state index in [1.165, 1.54) is 0 Å². The zero-order chi connectivity index (χ0) is 7.40. The molecule has 4 nitrogen and oxygen atoms in total. The molecular formula is C5H10N4S. The van der Waals surface area contributed by atoms with Crippen LogP contribution in [-0.2, 0) is 6.54 Å². The standard InChI is InChI=1S/C5H10N4S/c1-5(3-10)2-9-4-6-7-8-9/h4-5,10H,2-3H2,1H3. The van der Waals surface area contributed by atoms with Gasteiger partial charge in [0.2, 0.25) is 0 Å². The van der Waals surface area contributed by atoms with Crippen LogP contribution in [0.5, 0.6) is 0 Å². The summed E-state index contributed by atoms with van der Waals surface area (Å²) in [6.07, 6.45) is 1.61. The fraction of sp³-hybridized carbons (Fsp3) is 0.800. The van der Waals surface area contributed by atoms with Crippen molar-refractivity contribution in [3.63, 3.8) is 0 Å². The number of hydrogen-bond donors (Lipinski definition) is 1. The number of rotatable bonds is 3. The Morgan fingerprint density at radius 1 is 1.70 bits per heavy atom. The third kappa shape index (κ3) is 1.98. The van der Waals surface area contributed by atoms with Crippen LogP contribution in [0, 0.1) is 5.92 Å². The van der Waals surface area contributed by atoms with E-state index in [0.29, 0.717) is 5.92 Å². The molecule has 0 spiro atoms. The topological polar surface area (TPSA) is 43.6 Å². The van der Waals surface area contributed by atoms with Gasteiger partial charge in [-0.15, -0.1) is 5.10 Å². The van der Waals surface area contributed by atoms with Crippen LogP contribution < -0.4 is 0 Å². The van der Waals surface area contributed by atoms with Crippen molar-refractivity contribution < 1.29 is 0 Å². The van der Waals surface area contributed by atoms with Crippen molar-refractivity contribution in [2.75, 3.05) is 5.75 Å². The van der Waals surface area contributed by atoms with E-state index >= 15 is 0 Å². The van der Waals surface area contributed by atoms with E-state index in [1.54, 1.807) is 11.0 Å². The Labute approximate surface area is 65.0 Å². The van der Waals surface area contributed by atoms with Gasteiger partial charge in [0.05, 0.1) is 0 Å². The Morgan fingerprint density at radius 2 is 2.50 bits per heavy atom. The molecule has 0 amide bonds. The predicted molar refractivity (Wildman–Crippen MR) is 40.8 cm³/mol. The third-order valence-electron chi connectivity index (χ3n) is 1.20. The fourth-order valence-electron chi connectivity index (χ4n) is 0.641. The summed E-state index contributed by atoms with van der Waals surface area (Å²) >= 11 is 4.14. The summed E-state index contributed by atoms with van der Waals surface area (Å²) in [5.41, 5.74) is 0. The van der Waals surface area contributed by atoms with Gasteiger partial charge in [-0.25, -0.2) is 4.68 Å². The molecule has 0 aromatic carbocycles. The average Bonchev–Trinajstić information content (AvgIpc) is 2.40. The minimum atomic E-state index is 0.520. The molecule has 1 atom stereocenters. The maximum Gasteiger partial charge on any atom is 0.138 e. The van der Waals surface area contributed by atoms with Gasteiger partial charge >= 0.3 is 0 Å². The zero-order valence-corrected chi connectivity index (χ0v) is 6.70. The molecule has 1 aromatic heterocycles. The smallest absolute Gasteiger partial charge is 0.138 e. The average molecular weight is 158 g/mol. The van der Waals surface area contributed by atoms with Gasteiger partial charge in [-0.2, -0.15) is 12.6 Å². The van der Waals surface area contributed by atoms with Crippen LogP contribution in [0.15, 0.2) is 6.33 Å². The van der Waals surface area contributed by atoms with E-state index in [0.717, 1.165) is 12.3 Å². The minimum Gasteiger partial charge on any atom is -0.232 e. The number of nitrogens with zero attached hydrogens (tertiary/aromatic N) is 4. The van der Waals surface area contributed by atoms with Gasteiger partial charge in [-0.1, -0.05) is 6.92 Å². The lowest BCUT2D eigenvalue weighted by atomic mass is 10.2. The molecule has 0 bridgehead atoms. The van der Waals surface area contributed by atoms with Crippen molar-refractivity contribution in [1.29, 1.82) is 0 Å². The highest BCUT2D eigenvalue weighted by atomic mass is 32.1. The second-order valence-corrected chi connectivity index (χ2v) is 2.68. The SMILES string of the molecule is CC(CS)Cn1cnnn1. The maximum absolute atomic E-state index is 4.14. The summed E-state index contributed by atoms with van der Waals surface area (Å²) in [5, 5.41) is 10.8. The van der Waals surface area contributed by atoms with E-state index in [4.69, 9.17) is 0 Å². The molecule has 1 aromatic rings. The van der Waals surface area contributed by atoms with Crippen LogP contribution in [0.2, 0.25) is 0 Å². The highest BCUT2D eigenvalue weighted by Crippen LogP contribution is 1.99. The molecule has 1 rings (SSSR count). The van der Waals surface area contributed by atoms with Gasteiger partial charge in [0.15, 0.2) is 0 Å². The third-order valence-corrected chi connectivity index (χ3v) is 1.83. The van der Waals surface area contributed by atoms with E-state index in [9.17, 15) is 0 Å². The van der Waals surface area contributed by atoms with Crippen molar-refractivity contribution in [3.05, 3.63) is 6.33 Å². The largest absolute Gasteiger partial charge is 0.232 e. The molecule has 0 aliphatic carbocycles. The molecule has 5 heteroatoms. The highest BCUT2D eigenvalue weighted by Gasteiger charge is 1.99. The Bertz CT molecular complexity index is 174. The van der Waals surface area contributed by atoms with Gasteiger partial charge in [-0.05, 0) is 22.1 Å². The first-order chi connectivity index (χ1) is 4.83. The van der Waals surface area contributed by atoms with Gasteiger partial charge in [0, 0.05) is 6.54 Å². The van der Waals surface area contributed by atoms with Crippen molar-refractivity contribution in [2.24, 2.45) is 5.92 Å². The molecule has 0 saturated carbocycles. The molecule has 56 valence electrons. The van der Waals surface area contributed by atoms with Crippen molar-refractivity contribution >= 4 is 12.6 Å². The normalized spacial score (nSPS) is 13.4. The minimum absolute atomic E-state index is 0.520. The van der Waals surface area contributed by atoms with Crippen LogP contribution in [0.3, 0.4) is 0 Å². The maximum atomic E-state index is 4.14. The fourth-order valence-corrected chi connectivity index (χ4v) is 0.756. The summed E-state index contributed by atoms with van der Waals surface area (Å²) in [4.78, 5) is 0. The van der Waals surface area contributed by atoms with Crippen molar-refractivity contribution in [2.45, 2.75) is 13.5 Å². The Balaban J connectivity index is 2.40. The second-order valence-electron chi connectivity index (χ2n) is 2.32. The van der Waals surface area contributed by atoms with Crippen molar-refractivity contribution in [3.8, 4) is 0 Å². The van der Waals surface area contributed by atoms with Crippen LogP contribution in [0.1, 0.15) is 6.92 Å². The Hall–Kier alpha value is -0.580. The van der Waals surface area contributed by atoms with Gasteiger partial charge in [0.25, 0.3) is 0 Å². The van der Waals surface area contributed by atoms with Crippen LogP contribution in [0.25, 0.3) is 0 Å². The van der Waals surface area contributed by atoms with Crippen LogP contribution >= 0.6 is 12.6 Å². The summed E-state index contributed by atoms with van der Waals surface area (Å²) in [7, 11) is 0. The van der Waals surface area contributed by atoms with Gasteiger partial charge in [-0.3, -0.25) is 0 Å². The zero-order valence-electron chi connectivity index (χ0n) is 5.80. The molecule has 1 unspecified atom stereocenters. The Morgan fingerprint density at radius 3 is 3.00 bits per heavy atom. The quantitative estimate of drug-likeness (QED) is 0.641. The van der Waals surface area contributed by atoms with E-state index < -0.39 is 0 Å². The number of tetrazole rings is 1. The highest BCUT2D eigenvalue weighted by molar-refractivity contribution is 7.80. The molecule has 0 aliphatic heterocycles. The Kier molecular flexibility index (Phi) is 2.68. The summed E-state index contributed by atoms with van der Waals surface area (Å²) < 4.78 is 1.71. The predicted octanol–water partition coefficient (Wildman–Crippen LogP) is 0.239. The van der Waals surface area contributed by atoms with E-state index in [2.05, 4.69) is 35.1 Å². The molecular weight excluding hydrogens is 148 g/mol. The molecule has 10 heavy (non-hydrogen) atoms. The molecule has 1 heterocycles. The molecule has 0 N–H and O–H groups in total. The second kappa shape index (κ2) is 3.55. The molecule has 0 radical (unpaired) electrons. The number of hydrogen-bond acceptors (Lipinski definition) is 4. The van der Waals surface area contributed by atoms with Gasteiger partial charge in [0.1, 0.15) is 6.33 Å². The molecule has 0 saturated heterocycles. The molecule has 0 aliphatic rings. The lowest BCUT2D eigenvalue weighted by molar-refractivity contribution is 0.478. The lowest BCUT2D eigenvalue weighted by Gasteiger charge is -2.04. The summed E-state index contributed by atoms with van der Waals surface area (Å²) in [5.74, 6) is 1.38. The molecule has 0 fully saturated rings. The summed E-state index contributed by atoms with van der Waals surface area (Å²) in [6, 6.07) is 0.